The van der Waals surface area contributed by atoms with E-state index < -0.39 is 0 Å². The zero-order valence-corrected chi connectivity index (χ0v) is 18.8. The summed E-state index contributed by atoms with van der Waals surface area (Å²) in [5.74, 6) is 0. The van der Waals surface area contributed by atoms with Crippen LogP contribution in [0.2, 0.25) is 0 Å². The fourth-order valence-electron chi connectivity index (χ4n) is 5.45. The highest BCUT2D eigenvalue weighted by Crippen LogP contribution is 2.29. The number of nitrogens with zero attached hydrogens (tertiary/aromatic N) is 4. The van der Waals surface area contributed by atoms with Gasteiger partial charge in [-0.1, -0.05) is 37.1 Å². The first-order valence-electron chi connectivity index (χ1n) is 12.2. The highest BCUT2D eigenvalue weighted by molar-refractivity contribution is 5.21. The van der Waals surface area contributed by atoms with Crippen molar-refractivity contribution < 1.29 is 19.3 Å². The second-order valence-corrected chi connectivity index (χ2v) is 9.72. The predicted octanol–water partition coefficient (Wildman–Crippen LogP) is 2.91. The lowest BCUT2D eigenvalue weighted by Crippen LogP contribution is -2.34. The van der Waals surface area contributed by atoms with E-state index in [0.29, 0.717) is 0 Å². The summed E-state index contributed by atoms with van der Waals surface area (Å²) in [5, 5.41) is 20.6. The SMILES string of the molecule is O[C@H]1CCCC[C@@H]1n1cc[n+](Cc2ccc(C[n+]3ccn([C@H]4CCCC[C@@H]4O)c3)cc2)c1. The van der Waals surface area contributed by atoms with Gasteiger partial charge in [-0.05, 0) is 49.7 Å². The van der Waals surface area contributed by atoms with Gasteiger partial charge in [0.1, 0.15) is 50.0 Å². The Morgan fingerprint density at radius 1 is 0.656 bits per heavy atom. The third-order valence-electron chi connectivity index (χ3n) is 7.33. The standard InChI is InChI=1S/C26H36N4O2/c31-25-7-3-1-5-23(25)29-15-13-27(19-29)17-21-9-11-22(12-10-21)18-28-14-16-30(20-28)24-6-2-4-8-26(24)32/h9-16,19-20,23-26,31-32H,1-8,17-18H2/q+2/t23-,24-,25-,26-/m0/s1. The molecule has 3 aromatic rings. The molecular weight excluding hydrogens is 400 g/mol. The van der Waals surface area contributed by atoms with E-state index in [4.69, 9.17) is 0 Å². The molecule has 0 radical (unpaired) electrons. The molecule has 0 bridgehead atoms. The molecule has 0 spiro atoms. The van der Waals surface area contributed by atoms with Crippen LogP contribution in [0.3, 0.4) is 0 Å². The lowest BCUT2D eigenvalue weighted by molar-refractivity contribution is -0.688. The Labute approximate surface area is 190 Å². The predicted molar refractivity (Wildman–Crippen MR) is 121 cm³/mol. The van der Waals surface area contributed by atoms with E-state index in [-0.39, 0.29) is 24.3 Å². The number of aliphatic hydroxyl groups is 2. The molecule has 2 aliphatic rings. The Balaban J connectivity index is 1.19. The summed E-state index contributed by atoms with van der Waals surface area (Å²) in [5.41, 5.74) is 2.54. The topological polar surface area (TPSA) is 58.1 Å². The third-order valence-corrected chi connectivity index (χ3v) is 7.33. The molecule has 32 heavy (non-hydrogen) atoms. The molecule has 0 saturated heterocycles. The van der Waals surface area contributed by atoms with E-state index >= 15 is 0 Å². The summed E-state index contributed by atoms with van der Waals surface area (Å²) < 4.78 is 8.76. The number of hydrogen-bond acceptors (Lipinski definition) is 2. The molecule has 2 fully saturated rings. The molecule has 0 unspecified atom stereocenters. The smallest absolute Gasteiger partial charge is 0.244 e. The van der Waals surface area contributed by atoms with Crippen molar-refractivity contribution in [3.05, 3.63) is 72.8 Å². The minimum atomic E-state index is -0.224. The van der Waals surface area contributed by atoms with Gasteiger partial charge in [-0.15, -0.1) is 0 Å². The summed E-state index contributed by atoms with van der Waals surface area (Å²) in [6.45, 7) is 1.67. The number of rotatable bonds is 6. The van der Waals surface area contributed by atoms with E-state index in [9.17, 15) is 10.2 Å². The molecule has 2 N–H and O–H groups in total. The maximum atomic E-state index is 10.3. The van der Waals surface area contributed by atoms with Crippen molar-refractivity contribution in [2.45, 2.75) is 88.7 Å². The molecule has 0 aliphatic heterocycles. The quantitative estimate of drug-likeness (QED) is 0.584. The van der Waals surface area contributed by atoms with Crippen molar-refractivity contribution in [1.82, 2.24) is 9.13 Å². The average molecular weight is 437 g/mol. The van der Waals surface area contributed by atoms with Gasteiger partial charge >= 0.3 is 0 Å². The minimum Gasteiger partial charge on any atom is -0.389 e. The lowest BCUT2D eigenvalue weighted by Gasteiger charge is -2.24. The van der Waals surface area contributed by atoms with Crippen LogP contribution >= 0.6 is 0 Å². The summed E-state index contributed by atoms with van der Waals surface area (Å²) in [6.07, 6.45) is 20.8. The summed E-state index contributed by atoms with van der Waals surface area (Å²) in [6, 6.07) is 9.25. The van der Waals surface area contributed by atoms with Crippen LogP contribution in [0.15, 0.2) is 61.7 Å². The molecular formula is C26H36N4O2+2. The average Bonchev–Trinajstić information content (AvgIpc) is 3.46. The molecule has 1 aromatic carbocycles. The van der Waals surface area contributed by atoms with Crippen molar-refractivity contribution in [1.29, 1.82) is 0 Å². The Morgan fingerprint density at radius 3 is 1.47 bits per heavy atom. The van der Waals surface area contributed by atoms with E-state index in [1.54, 1.807) is 0 Å². The fraction of sp³-hybridized carbons (Fsp3) is 0.538. The molecule has 170 valence electrons. The van der Waals surface area contributed by atoms with Crippen molar-refractivity contribution in [3.63, 3.8) is 0 Å². The first-order chi connectivity index (χ1) is 15.7. The van der Waals surface area contributed by atoms with Crippen molar-refractivity contribution >= 4 is 0 Å². The summed E-state index contributed by atoms with van der Waals surface area (Å²) in [4.78, 5) is 0. The summed E-state index contributed by atoms with van der Waals surface area (Å²) in [7, 11) is 0. The van der Waals surface area contributed by atoms with Crippen molar-refractivity contribution in [2.75, 3.05) is 0 Å². The van der Waals surface area contributed by atoms with Crippen LogP contribution in [-0.2, 0) is 13.1 Å². The van der Waals surface area contributed by atoms with Gasteiger partial charge in [0.2, 0.25) is 12.7 Å². The highest BCUT2D eigenvalue weighted by Gasteiger charge is 2.29. The molecule has 6 nitrogen and oxygen atoms in total. The fourth-order valence-corrected chi connectivity index (χ4v) is 5.45. The van der Waals surface area contributed by atoms with Crippen LogP contribution in [0.25, 0.3) is 0 Å². The first-order valence-corrected chi connectivity index (χ1v) is 12.2. The normalized spacial score (nSPS) is 26.3. The molecule has 2 aromatic heterocycles. The number of aromatic nitrogens is 4. The first kappa shape index (κ1) is 21.4. The van der Waals surface area contributed by atoms with Crippen LogP contribution in [-0.4, -0.2) is 31.6 Å². The molecule has 2 saturated carbocycles. The second kappa shape index (κ2) is 9.59. The Bertz CT molecular complexity index is 928. The zero-order chi connectivity index (χ0) is 21.9. The minimum absolute atomic E-state index is 0.214. The third kappa shape index (κ3) is 4.81. The van der Waals surface area contributed by atoms with Gasteiger partial charge in [0.25, 0.3) is 0 Å². The number of hydrogen-bond donors (Lipinski definition) is 2. The van der Waals surface area contributed by atoms with Gasteiger partial charge in [-0.3, -0.25) is 0 Å². The Morgan fingerprint density at radius 2 is 1.06 bits per heavy atom. The maximum Gasteiger partial charge on any atom is 0.244 e. The molecule has 4 atom stereocenters. The van der Waals surface area contributed by atoms with Crippen molar-refractivity contribution in [3.8, 4) is 0 Å². The Kier molecular flexibility index (Phi) is 6.42. The van der Waals surface area contributed by atoms with Gasteiger partial charge < -0.3 is 10.2 Å². The van der Waals surface area contributed by atoms with Gasteiger partial charge in [0.05, 0.1) is 12.2 Å². The lowest BCUT2D eigenvalue weighted by atomic mass is 9.92. The van der Waals surface area contributed by atoms with Crippen LogP contribution < -0.4 is 9.13 Å². The van der Waals surface area contributed by atoms with E-state index in [1.165, 1.54) is 24.0 Å². The maximum absolute atomic E-state index is 10.3. The number of aliphatic hydroxyl groups excluding tert-OH is 2. The highest BCUT2D eigenvalue weighted by atomic mass is 16.3. The van der Waals surface area contributed by atoms with Crippen LogP contribution in [0, 0.1) is 0 Å². The molecule has 2 aliphatic carbocycles. The van der Waals surface area contributed by atoms with Crippen LogP contribution in [0.5, 0.6) is 0 Å². The van der Waals surface area contributed by atoms with E-state index in [1.807, 2.05) is 0 Å². The molecule has 2 heterocycles. The molecule has 0 amide bonds. The zero-order valence-electron chi connectivity index (χ0n) is 18.8. The number of imidazole rings is 2. The van der Waals surface area contributed by atoms with E-state index in [0.717, 1.165) is 51.6 Å². The molecule has 5 rings (SSSR count). The van der Waals surface area contributed by atoms with Gasteiger partial charge in [0, 0.05) is 0 Å². The van der Waals surface area contributed by atoms with Gasteiger partial charge in [-0.25, -0.2) is 18.3 Å². The summed E-state index contributed by atoms with van der Waals surface area (Å²) >= 11 is 0. The largest absolute Gasteiger partial charge is 0.389 e. The molecule has 6 heteroatoms. The van der Waals surface area contributed by atoms with Gasteiger partial charge in [-0.2, -0.15) is 0 Å². The van der Waals surface area contributed by atoms with Gasteiger partial charge in [0.15, 0.2) is 0 Å². The monoisotopic (exact) mass is 436 g/mol. The second-order valence-electron chi connectivity index (χ2n) is 9.72. The number of benzene rings is 1. The van der Waals surface area contributed by atoms with Crippen LogP contribution in [0.1, 0.15) is 74.6 Å². The Hall–Kier alpha value is -2.44. The van der Waals surface area contributed by atoms with Crippen LogP contribution in [0.4, 0.5) is 0 Å². The van der Waals surface area contributed by atoms with Crippen molar-refractivity contribution in [2.24, 2.45) is 0 Å². The van der Waals surface area contributed by atoms with E-state index in [2.05, 4.69) is 80.0 Å².